The third-order valence-electron chi connectivity index (χ3n) is 5.24. The molecule has 0 spiro atoms. The first-order valence-electron chi connectivity index (χ1n) is 9.20. The van der Waals surface area contributed by atoms with E-state index in [0.29, 0.717) is 36.2 Å². The van der Waals surface area contributed by atoms with Crippen molar-refractivity contribution >= 4 is 33.2 Å². The first-order chi connectivity index (χ1) is 13.4. The Kier molecular flexibility index (Phi) is 5.07. The topological polar surface area (TPSA) is 66.9 Å². The molecule has 0 aliphatic carbocycles. The van der Waals surface area contributed by atoms with Gasteiger partial charge < -0.3 is 9.64 Å². The quantitative estimate of drug-likeness (QED) is 0.760. The molecule has 0 unspecified atom stereocenters. The largest absolute Gasteiger partial charge is 0.489 e. The summed E-state index contributed by atoms with van der Waals surface area (Å²) in [6.45, 7) is 2.75. The first-order valence-corrected chi connectivity index (χ1v) is 11.0. The lowest BCUT2D eigenvalue weighted by atomic mass is 10.1. The molecule has 8 heteroatoms. The van der Waals surface area contributed by atoms with Gasteiger partial charge in [-0.1, -0.05) is 23.7 Å². The number of carbonyl (C=O) groups is 1. The Bertz CT molecular complexity index is 1010. The molecule has 0 aromatic heterocycles. The highest BCUT2D eigenvalue weighted by atomic mass is 35.5. The average molecular weight is 421 g/mol. The summed E-state index contributed by atoms with van der Waals surface area (Å²) in [6.07, 6.45) is 1.56. The van der Waals surface area contributed by atoms with E-state index in [1.54, 1.807) is 33.5 Å². The lowest BCUT2D eigenvalue weighted by molar-refractivity contribution is -0.116. The predicted octanol–water partition coefficient (Wildman–Crippen LogP) is 3.61. The van der Waals surface area contributed by atoms with Gasteiger partial charge in [0, 0.05) is 24.6 Å². The van der Waals surface area contributed by atoms with Crippen molar-refractivity contribution < 1.29 is 17.9 Å². The lowest BCUT2D eigenvalue weighted by Crippen LogP contribution is -2.36. The molecule has 0 bridgehead atoms. The van der Waals surface area contributed by atoms with Crippen LogP contribution >= 0.6 is 11.6 Å². The molecule has 148 valence electrons. The smallest absolute Gasteiger partial charge is 0.243 e. The normalized spacial score (nSPS) is 19.9. The van der Waals surface area contributed by atoms with Crippen LogP contribution in [-0.2, 0) is 14.8 Å². The highest BCUT2D eigenvalue weighted by molar-refractivity contribution is 7.89. The van der Waals surface area contributed by atoms with E-state index in [9.17, 15) is 13.2 Å². The van der Waals surface area contributed by atoms with Crippen molar-refractivity contribution in [1.29, 1.82) is 0 Å². The van der Waals surface area contributed by atoms with Crippen LogP contribution < -0.4 is 9.64 Å². The molecule has 2 aromatic rings. The number of hydrogen-bond donors (Lipinski definition) is 0. The number of benzene rings is 2. The Balaban J connectivity index is 1.68. The zero-order valence-electron chi connectivity index (χ0n) is 15.5. The maximum absolute atomic E-state index is 13.4. The fourth-order valence-electron chi connectivity index (χ4n) is 3.87. The molecule has 0 N–H and O–H groups in total. The minimum Gasteiger partial charge on any atom is -0.489 e. The van der Waals surface area contributed by atoms with E-state index in [1.165, 1.54) is 13.0 Å². The van der Waals surface area contributed by atoms with Crippen molar-refractivity contribution in [2.24, 2.45) is 0 Å². The minimum atomic E-state index is -3.70. The van der Waals surface area contributed by atoms with Gasteiger partial charge >= 0.3 is 0 Å². The summed E-state index contributed by atoms with van der Waals surface area (Å²) in [6, 6.07) is 11.8. The number of hydrogen-bond acceptors (Lipinski definition) is 4. The second kappa shape index (κ2) is 7.39. The van der Waals surface area contributed by atoms with E-state index in [-0.39, 0.29) is 16.8 Å². The standard InChI is InChI=1S/C20H21ClN2O4S/c1-14(24)22-11-12-27-20-13-17(8-9-19(20)22)28(25,26)23-10-2-3-18(23)15-4-6-16(21)7-5-15/h4-9,13,18H,2-3,10-12H2,1H3/t18-/m1/s1. The second-order valence-electron chi connectivity index (χ2n) is 6.97. The number of anilines is 1. The van der Waals surface area contributed by atoms with E-state index < -0.39 is 10.0 Å². The van der Waals surface area contributed by atoms with Crippen LogP contribution in [0.5, 0.6) is 5.75 Å². The fraction of sp³-hybridized carbons (Fsp3) is 0.350. The van der Waals surface area contributed by atoms with E-state index in [2.05, 4.69) is 0 Å². The van der Waals surface area contributed by atoms with E-state index in [4.69, 9.17) is 16.3 Å². The highest BCUT2D eigenvalue weighted by Crippen LogP contribution is 2.39. The summed E-state index contributed by atoms with van der Waals surface area (Å²) in [5.41, 5.74) is 1.54. The Labute approximate surface area is 169 Å². The Hall–Kier alpha value is -2.09. The third kappa shape index (κ3) is 3.38. The van der Waals surface area contributed by atoms with Gasteiger partial charge in [-0.3, -0.25) is 4.79 Å². The van der Waals surface area contributed by atoms with Crippen molar-refractivity contribution in [3.8, 4) is 5.75 Å². The van der Waals surface area contributed by atoms with Gasteiger partial charge in [0.15, 0.2) is 0 Å². The molecule has 0 saturated carbocycles. The van der Waals surface area contributed by atoms with Crippen molar-refractivity contribution in [2.75, 3.05) is 24.6 Å². The van der Waals surface area contributed by atoms with Crippen molar-refractivity contribution in [3.63, 3.8) is 0 Å². The summed E-state index contributed by atoms with van der Waals surface area (Å²) >= 11 is 5.97. The Morgan fingerprint density at radius 2 is 1.89 bits per heavy atom. The summed E-state index contributed by atoms with van der Waals surface area (Å²) in [5, 5.41) is 0.623. The zero-order valence-corrected chi connectivity index (χ0v) is 17.0. The molecule has 6 nitrogen and oxygen atoms in total. The molecular formula is C20H21ClN2O4S. The number of carbonyl (C=O) groups excluding carboxylic acids is 1. The molecule has 2 aliphatic heterocycles. The van der Waals surface area contributed by atoms with Gasteiger partial charge in [0.25, 0.3) is 0 Å². The second-order valence-corrected chi connectivity index (χ2v) is 9.30. The number of rotatable bonds is 3. The summed E-state index contributed by atoms with van der Waals surface area (Å²) in [7, 11) is -3.70. The van der Waals surface area contributed by atoms with Crippen molar-refractivity contribution in [3.05, 3.63) is 53.1 Å². The van der Waals surface area contributed by atoms with Crippen LogP contribution in [-0.4, -0.2) is 38.3 Å². The van der Waals surface area contributed by atoms with Gasteiger partial charge in [-0.05, 0) is 42.7 Å². The van der Waals surface area contributed by atoms with E-state index >= 15 is 0 Å². The molecule has 1 fully saturated rings. The zero-order chi connectivity index (χ0) is 19.9. The first kappa shape index (κ1) is 19.2. The molecule has 2 aromatic carbocycles. The van der Waals surface area contributed by atoms with Crippen LogP contribution in [0.25, 0.3) is 0 Å². The summed E-state index contributed by atoms with van der Waals surface area (Å²) < 4.78 is 33.9. The SMILES string of the molecule is CC(=O)N1CCOc2cc(S(=O)(=O)N3CCC[C@@H]3c3ccc(Cl)cc3)ccc21. The van der Waals surface area contributed by atoms with Crippen LogP contribution in [0.15, 0.2) is 47.4 Å². The Morgan fingerprint density at radius 3 is 2.61 bits per heavy atom. The molecule has 1 amide bonds. The number of fused-ring (bicyclic) bond motifs is 1. The van der Waals surface area contributed by atoms with E-state index in [0.717, 1.165) is 18.4 Å². The fourth-order valence-corrected chi connectivity index (χ4v) is 5.69. The van der Waals surface area contributed by atoms with Crippen LogP contribution in [0.2, 0.25) is 5.02 Å². The van der Waals surface area contributed by atoms with Gasteiger partial charge in [0.05, 0.1) is 23.2 Å². The van der Waals surface area contributed by atoms with Gasteiger partial charge in [-0.2, -0.15) is 4.31 Å². The number of ether oxygens (including phenoxy) is 1. The number of halogens is 1. The van der Waals surface area contributed by atoms with Crippen LogP contribution in [0.1, 0.15) is 31.4 Å². The number of amides is 1. The highest BCUT2D eigenvalue weighted by Gasteiger charge is 2.37. The molecule has 4 rings (SSSR count). The minimum absolute atomic E-state index is 0.0949. The van der Waals surface area contributed by atoms with Crippen molar-refractivity contribution in [2.45, 2.75) is 30.7 Å². The molecule has 28 heavy (non-hydrogen) atoms. The van der Waals surface area contributed by atoms with Crippen LogP contribution in [0.4, 0.5) is 5.69 Å². The predicted molar refractivity (Wildman–Crippen MR) is 107 cm³/mol. The maximum Gasteiger partial charge on any atom is 0.243 e. The maximum atomic E-state index is 13.4. The lowest BCUT2D eigenvalue weighted by Gasteiger charge is -2.30. The number of sulfonamides is 1. The number of nitrogens with zero attached hydrogens (tertiary/aromatic N) is 2. The van der Waals surface area contributed by atoms with Crippen LogP contribution in [0.3, 0.4) is 0 Å². The Morgan fingerprint density at radius 1 is 1.14 bits per heavy atom. The van der Waals surface area contributed by atoms with Gasteiger partial charge in [0.1, 0.15) is 12.4 Å². The summed E-state index contributed by atoms with van der Waals surface area (Å²) in [5.74, 6) is 0.326. The molecule has 2 heterocycles. The molecular weight excluding hydrogens is 400 g/mol. The van der Waals surface area contributed by atoms with Gasteiger partial charge in [-0.25, -0.2) is 8.42 Å². The van der Waals surface area contributed by atoms with Crippen LogP contribution in [0, 0.1) is 0 Å². The molecule has 1 atom stereocenters. The molecule has 2 aliphatic rings. The monoisotopic (exact) mass is 420 g/mol. The van der Waals surface area contributed by atoms with Gasteiger partial charge in [-0.15, -0.1) is 0 Å². The summed E-state index contributed by atoms with van der Waals surface area (Å²) in [4.78, 5) is 13.6. The average Bonchev–Trinajstić information content (AvgIpc) is 3.18. The molecule has 0 radical (unpaired) electrons. The van der Waals surface area contributed by atoms with E-state index in [1.807, 2.05) is 12.1 Å². The van der Waals surface area contributed by atoms with Gasteiger partial charge in [0.2, 0.25) is 15.9 Å². The molecule has 1 saturated heterocycles. The third-order valence-corrected chi connectivity index (χ3v) is 7.40. The van der Waals surface area contributed by atoms with Crippen molar-refractivity contribution in [1.82, 2.24) is 4.31 Å².